The van der Waals surface area contributed by atoms with Crippen molar-refractivity contribution in [2.45, 2.75) is 2.33 Å². The second kappa shape index (κ2) is 4.31. The van der Waals surface area contributed by atoms with E-state index in [1.165, 1.54) is 0 Å². The number of halogens is 4. The first-order valence-corrected chi connectivity index (χ1v) is 5.74. The molecule has 0 spiro atoms. The molecule has 0 fully saturated rings. The van der Waals surface area contributed by atoms with Crippen molar-refractivity contribution in [1.82, 2.24) is 0 Å². The van der Waals surface area contributed by atoms with Crippen LogP contribution in [-0.4, -0.2) is 2.33 Å². The Morgan fingerprint density at radius 3 is 2.00 bits per heavy atom. The van der Waals surface area contributed by atoms with Gasteiger partial charge in [-0.15, -0.1) is 0 Å². The monoisotopic (exact) mass is 376 g/mol. The van der Waals surface area contributed by atoms with Crippen LogP contribution >= 0.6 is 59.4 Å². The zero-order chi connectivity index (χ0) is 9.19. The molecule has 0 aliphatic heterocycles. The van der Waals surface area contributed by atoms with E-state index in [1.54, 1.807) is 24.3 Å². The van der Waals surface area contributed by atoms with Gasteiger partial charge in [0, 0.05) is 5.02 Å². The van der Waals surface area contributed by atoms with E-state index in [0.29, 0.717) is 10.8 Å². The van der Waals surface area contributed by atoms with E-state index in [4.69, 9.17) is 16.3 Å². The maximum atomic E-state index is 5.69. The first-order valence-electron chi connectivity index (χ1n) is 2.99. The van der Waals surface area contributed by atoms with Crippen molar-refractivity contribution in [2.24, 2.45) is 0 Å². The highest BCUT2D eigenvalue weighted by molar-refractivity contribution is 9.39. The van der Waals surface area contributed by atoms with Crippen LogP contribution in [0.4, 0.5) is 0 Å². The van der Waals surface area contributed by atoms with Crippen LogP contribution in [0.2, 0.25) is 5.02 Å². The third-order valence-corrected chi connectivity index (χ3v) is 1.78. The van der Waals surface area contributed by atoms with Gasteiger partial charge in [-0.05, 0) is 72.1 Å². The lowest BCUT2D eigenvalue weighted by Crippen LogP contribution is -2.09. The van der Waals surface area contributed by atoms with Gasteiger partial charge < -0.3 is 4.74 Å². The molecule has 0 atom stereocenters. The van der Waals surface area contributed by atoms with Gasteiger partial charge >= 0.3 is 0 Å². The fourth-order valence-electron chi connectivity index (χ4n) is 0.636. The summed E-state index contributed by atoms with van der Waals surface area (Å²) in [6.45, 7) is 0. The van der Waals surface area contributed by atoms with Gasteiger partial charge in [-0.25, -0.2) is 0 Å². The molecule has 0 amide bonds. The van der Waals surface area contributed by atoms with Crippen LogP contribution in [0, 0.1) is 0 Å². The van der Waals surface area contributed by atoms with Crippen LogP contribution in [0.15, 0.2) is 24.3 Å². The summed E-state index contributed by atoms with van der Waals surface area (Å²) < 4.78 is 4.64. The Bertz CT molecular complexity index is 254. The molecular formula is C7H4Br3ClO. The highest BCUT2D eigenvalue weighted by atomic mass is 80.0. The van der Waals surface area contributed by atoms with Crippen LogP contribution in [0.3, 0.4) is 0 Å². The predicted molar refractivity (Wildman–Crippen MR) is 61.6 cm³/mol. The number of benzene rings is 1. The summed E-state index contributed by atoms with van der Waals surface area (Å²) in [5.41, 5.74) is 0. The van der Waals surface area contributed by atoms with Crippen LogP contribution in [0.1, 0.15) is 0 Å². The number of ether oxygens (including phenoxy) is 1. The highest BCUT2D eigenvalue weighted by Crippen LogP contribution is 2.36. The molecule has 0 aromatic heterocycles. The molecule has 1 aromatic carbocycles. The van der Waals surface area contributed by atoms with Gasteiger partial charge in [0.15, 0.2) is 0 Å². The SMILES string of the molecule is Clc1ccc(OC(Br)(Br)Br)cc1. The minimum atomic E-state index is -0.708. The summed E-state index contributed by atoms with van der Waals surface area (Å²) in [7, 11) is 0. The fraction of sp³-hybridized carbons (Fsp3) is 0.143. The number of hydrogen-bond acceptors (Lipinski definition) is 1. The lowest BCUT2D eigenvalue weighted by molar-refractivity contribution is 0.356. The molecule has 0 heterocycles. The fourth-order valence-corrected chi connectivity index (χ4v) is 1.32. The number of alkyl halides is 3. The minimum Gasteiger partial charge on any atom is -0.456 e. The van der Waals surface area contributed by atoms with Crippen LogP contribution in [0.5, 0.6) is 5.75 Å². The van der Waals surface area contributed by atoms with Crippen LogP contribution in [-0.2, 0) is 0 Å². The standard InChI is InChI=1S/C7H4Br3ClO/c8-7(9,10)12-6-3-1-5(11)2-4-6/h1-4H. The zero-order valence-electron chi connectivity index (χ0n) is 5.73. The maximum Gasteiger partial charge on any atom is 0.272 e. The highest BCUT2D eigenvalue weighted by Gasteiger charge is 2.18. The molecular weight excluding hydrogens is 375 g/mol. The second-order valence-corrected chi connectivity index (χ2v) is 8.98. The van der Waals surface area contributed by atoms with Gasteiger partial charge in [-0.1, -0.05) is 11.6 Å². The van der Waals surface area contributed by atoms with Crippen molar-refractivity contribution in [3.63, 3.8) is 0 Å². The largest absolute Gasteiger partial charge is 0.456 e. The molecule has 0 aliphatic carbocycles. The summed E-state index contributed by atoms with van der Waals surface area (Å²) in [6, 6.07) is 7.08. The van der Waals surface area contributed by atoms with Crippen molar-refractivity contribution in [3.05, 3.63) is 29.3 Å². The topological polar surface area (TPSA) is 9.23 Å². The van der Waals surface area contributed by atoms with Crippen molar-refractivity contribution >= 4 is 59.4 Å². The van der Waals surface area contributed by atoms with Gasteiger partial charge in [-0.2, -0.15) is 0 Å². The van der Waals surface area contributed by atoms with E-state index < -0.39 is 2.33 Å². The predicted octanol–water partition coefficient (Wildman–Crippen LogP) is 4.51. The molecule has 0 radical (unpaired) electrons. The molecule has 0 aliphatic rings. The summed E-state index contributed by atoms with van der Waals surface area (Å²) in [6.07, 6.45) is 0. The molecule has 1 nitrogen and oxygen atoms in total. The van der Waals surface area contributed by atoms with E-state index >= 15 is 0 Å². The number of hydrogen-bond donors (Lipinski definition) is 0. The molecule has 1 rings (SSSR count). The van der Waals surface area contributed by atoms with Crippen molar-refractivity contribution in [1.29, 1.82) is 0 Å². The van der Waals surface area contributed by atoms with Gasteiger partial charge in [0.25, 0.3) is 2.33 Å². The first-order chi connectivity index (χ1) is 5.47. The van der Waals surface area contributed by atoms with E-state index in [2.05, 4.69) is 47.8 Å². The average Bonchev–Trinajstić information content (AvgIpc) is 1.91. The third kappa shape index (κ3) is 4.12. The summed E-state index contributed by atoms with van der Waals surface area (Å²) >= 11 is 15.3. The molecule has 0 saturated heterocycles. The molecule has 12 heavy (non-hydrogen) atoms. The molecule has 66 valence electrons. The smallest absolute Gasteiger partial charge is 0.272 e. The van der Waals surface area contributed by atoms with E-state index in [9.17, 15) is 0 Å². The Morgan fingerprint density at radius 1 is 1.08 bits per heavy atom. The molecule has 0 unspecified atom stereocenters. The Hall–Kier alpha value is 0.750. The minimum absolute atomic E-state index is 0.687. The van der Waals surface area contributed by atoms with Gasteiger partial charge in [-0.3, -0.25) is 0 Å². The molecule has 1 aromatic rings. The lowest BCUT2D eigenvalue weighted by atomic mass is 10.3. The van der Waals surface area contributed by atoms with Gasteiger partial charge in [0.1, 0.15) is 5.75 Å². The Labute approximate surface area is 101 Å². The second-order valence-electron chi connectivity index (χ2n) is 2.00. The van der Waals surface area contributed by atoms with Crippen molar-refractivity contribution in [3.8, 4) is 5.75 Å². The van der Waals surface area contributed by atoms with Gasteiger partial charge in [0.05, 0.1) is 0 Å². The van der Waals surface area contributed by atoms with E-state index in [-0.39, 0.29) is 0 Å². The van der Waals surface area contributed by atoms with Crippen LogP contribution < -0.4 is 4.74 Å². The normalized spacial score (nSPS) is 11.3. The van der Waals surface area contributed by atoms with Gasteiger partial charge in [0.2, 0.25) is 0 Å². The quantitative estimate of drug-likeness (QED) is 0.653. The van der Waals surface area contributed by atoms with Crippen molar-refractivity contribution < 1.29 is 4.74 Å². The molecule has 5 heteroatoms. The van der Waals surface area contributed by atoms with Crippen molar-refractivity contribution in [2.75, 3.05) is 0 Å². The van der Waals surface area contributed by atoms with Crippen LogP contribution in [0.25, 0.3) is 0 Å². The Balaban J connectivity index is 2.71. The number of rotatable bonds is 1. The summed E-state index contributed by atoms with van der Waals surface area (Å²) in [5, 5.41) is 0.687. The zero-order valence-corrected chi connectivity index (χ0v) is 11.2. The summed E-state index contributed by atoms with van der Waals surface area (Å²) in [5.74, 6) is 0.713. The molecule has 0 N–H and O–H groups in total. The first kappa shape index (κ1) is 10.8. The summed E-state index contributed by atoms with van der Waals surface area (Å²) in [4.78, 5) is 0. The molecule has 0 saturated carbocycles. The van der Waals surface area contributed by atoms with E-state index in [0.717, 1.165) is 0 Å². The lowest BCUT2D eigenvalue weighted by Gasteiger charge is -2.14. The average molecular weight is 379 g/mol. The third-order valence-electron chi connectivity index (χ3n) is 1.05. The van der Waals surface area contributed by atoms with E-state index in [1.807, 2.05) is 0 Å². The maximum absolute atomic E-state index is 5.69. The Morgan fingerprint density at radius 2 is 1.58 bits per heavy atom. The molecule has 0 bridgehead atoms. The Kier molecular flexibility index (Phi) is 3.89.